The molecule has 2 heterocycles. The standard InChI is InChI=1S/C15H20N2O/c1-18-13-6-9-17(10-7-13)15-4-2-3-12-11-16-8-5-14(12)15/h2-4,11,13H,5-10H2,1H3. The number of rotatable bonds is 2. The zero-order valence-electron chi connectivity index (χ0n) is 10.9. The molecule has 2 aliphatic heterocycles. The fourth-order valence-corrected chi connectivity index (χ4v) is 2.95. The Morgan fingerprint density at radius 3 is 2.89 bits per heavy atom. The van der Waals surface area contributed by atoms with Crippen molar-refractivity contribution >= 4 is 11.9 Å². The molecule has 0 aromatic heterocycles. The Hall–Kier alpha value is -1.35. The van der Waals surface area contributed by atoms with Crippen LogP contribution in [0.15, 0.2) is 23.2 Å². The van der Waals surface area contributed by atoms with Gasteiger partial charge in [-0.05, 0) is 36.5 Å². The molecule has 18 heavy (non-hydrogen) atoms. The van der Waals surface area contributed by atoms with Gasteiger partial charge in [0.2, 0.25) is 0 Å². The molecule has 1 aromatic carbocycles. The molecule has 0 atom stereocenters. The molecule has 0 N–H and O–H groups in total. The summed E-state index contributed by atoms with van der Waals surface area (Å²) >= 11 is 0. The summed E-state index contributed by atoms with van der Waals surface area (Å²) in [5.41, 5.74) is 4.18. The maximum absolute atomic E-state index is 5.44. The van der Waals surface area contributed by atoms with E-state index in [9.17, 15) is 0 Å². The highest BCUT2D eigenvalue weighted by Gasteiger charge is 2.21. The third-order valence-electron chi connectivity index (χ3n) is 4.02. The number of aliphatic imine (C=N–C) groups is 1. The number of benzene rings is 1. The average Bonchev–Trinajstić information content (AvgIpc) is 2.47. The van der Waals surface area contributed by atoms with Gasteiger partial charge in [0.1, 0.15) is 0 Å². The lowest BCUT2D eigenvalue weighted by Crippen LogP contribution is -2.37. The van der Waals surface area contributed by atoms with E-state index in [4.69, 9.17) is 4.74 Å². The predicted octanol–water partition coefficient (Wildman–Crippen LogP) is 2.28. The van der Waals surface area contributed by atoms with Gasteiger partial charge in [-0.3, -0.25) is 4.99 Å². The second kappa shape index (κ2) is 5.11. The SMILES string of the molecule is COC1CCN(c2cccc3c2CCN=C3)CC1. The summed E-state index contributed by atoms with van der Waals surface area (Å²) in [5, 5.41) is 0. The van der Waals surface area contributed by atoms with Gasteiger partial charge in [-0.25, -0.2) is 0 Å². The van der Waals surface area contributed by atoms with Crippen LogP contribution in [0.5, 0.6) is 0 Å². The quantitative estimate of drug-likeness (QED) is 0.797. The van der Waals surface area contributed by atoms with Crippen LogP contribution in [-0.2, 0) is 11.2 Å². The molecule has 0 radical (unpaired) electrons. The highest BCUT2D eigenvalue weighted by atomic mass is 16.5. The van der Waals surface area contributed by atoms with Crippen molar-refractivity contribution in [1.29, 1.82) is 0 Å². The van der Waals surface area contributed by atoms with Gasteiger partial charge >= 0.3 is 0 Å². The van der Waals surface area contributed by atoms with E-state index in [1.165, 1.54) is 16.8 Å². The molecule has 1 aromatic rings. The number of hydrogen-bond acceptors (Lipinski definition) is 3. The van der Waals surface area contributed by atoms with E-state index < -0.39 is 0 Å². The summed E-state index contributed by atoms with van der Waals surface area (Å²) in [6.07, 6.45) is 5.81. The lowest BCUT2D eigenvalue weighted by Gasteiger charge is -2.34. The second-order valence-electron chi connectivity index (χ2n) is 5.05. The van der Waals surface area contributed by atoms with Crippen molar-refractivity contribution in [3.05, 3.63) is 29.3 Å². The van der Waals surface area contributed by atoms with E-state index in [1.807, 2.05) is 13.3 Å². The molecule has 2 aliphatic rings. The molecule has 1 saturated heterocycles. The third-order valence-corrected chi connectivity index (χ3v) is 4.02. The number of anilines is 1. The zero-order valence-corrected chi connectivity index (χ0v) is 10.9. The van der Waals surface area contributed by atoms with Crippen LogP contribution in [0.3, 0.4) is 0 Å². The van der Waals surface area contributed by atoms with E-state index in [2.05, 4.69) is 28.1 Å². The molecule has 0 bridgehead atoms. The fraction of sp³-hybridized carbons (Fsp3) is 0.533. The Balaban J connectivity index is 1.83. The van der Waals surface area contributed by atoms with E-state index >= 15 is 0 Å². The van der Waals surface area contributed by atoms with Crippen molar-refractivity contribution < 1.29 is 4.74 Å². The second-order valence-corrected chi connectivity index (χ2v) is 5.05. The summed E-state index contributed by atoms with van der Waals surface area (Å²) in [6.45, 7) is 3.14. The van der Waals surface area contributed by atoms with Crippen molar-refractivity contribution in [2.75, 3.05) is 31.6 Å². The molecule has 0 unspecified atom stereocenters. The van der Waals surface area contributed by atoms with Gasteiger partial charge in [-0.1, -0.05) is 12.1 Å². The monoisotopic (exact) mass is 244 g/mol. The minimum atomic E-state index is 0.447. The number of hydrogen-bond donors (Lipinski definition) is 0. The molecule has 3 rings (SSSR count). The largest absolute Gasteiger partial charge is 0.381 e. The Morgan fingerprint density at radius 2 is 2.11 bits per heavy atom. The average molecular weight is 244 g/mol. The van der Waals surface area contributed by atoms with Crippen LogP contribution < -0.4 is 4.90 Å². The number of ether oxygens (including phenoxy) is 1. The highest BCUT2D eigenvalue weighted by Crippen LogP contribution is 2.28. The zero-order chi connectivity index (χ0) is 12.4. The molecule has 96 valence electrons. The van der Waals surface area contributed by atoms with Gasteiger partial charge < -0.3 is 9.64 Å². The lowest BCUT2D eigenvalue weighted by molar-refractivity contribution is 0.0819. The first-order chi connectivity index (χ1) is 8.88. The van der Waals surface area contributed by atoms with Crippen molar-refractivity contribution in [3.63, 3.8) is 0 Å². The molecule has 0 spiro atoms. The normalized spacial score (nSPS) is 19.9. The van der Waals surface area contributed by atoms with Gasteiger partial charge in [0.05, 0.1) is 6.10 Å². The van der Waals surface area contributed by atoms with Crippen LogP contribution in [0.2, 0.25) is 0 Å². The first-order valence-electron chi connectivity index (χ1n) is 6.78. The molecule has 0 amide bonds. The third kappa shape index (κ3) is 2.15. The molecular weight excluding hydrogens is 224 g/mol. The van der Waals surface area contributed by atoms with Crippen molar-refractivity contribution in [1.82, 2.24) is 0 Å². The molecule has 0 aliphatic carbocycles. The van der Waals surface area contributed by atoms with Crippen molar-refractivity contribution in [3.8, 4) is 0 Å². The van der Waals surface area contributed by atoms with Crippen molar-refractivity contribution in [2.24, 2.45) is 4.99 Å². The number of fused-ring (bicyclic) bond motifs is 1. The Bertz CT molecular complexity index is 448. The van der Waals surface area contributed by atoms with Gasteiger partial charge in [0.15, 0.2) is 0 Å². The summed E-state index contributed by atoms with van der Waals surface area (Å²) in [5.74, 6) is 0. The first-order valence-corrected chi connectivity index (χ1v) is 6.78. The Morgan fingerprint density at radius 1 is 1.28 bits per heavy atom. The van der Waals surface area contributed by atoms with E-state index in [0.29, 0.717) is 6.10 Å². The minimum absolute atomic E-state index is 0.447. The predicted molar refractivity (Wildman–Crippen MR) is 74.9 cm³/mol. The van der Waals surface area contributed by atoms with Gasteiger partial charge in [0, 0.05) is 38.6 Å². The molecule has 3 heteroatoms. The van der Waals surface area contributed by atoms with Gasteiger partial charge in [-0.15, -0.1) is 0 Å². The number of piperidine rings is 1. The first kappa shape index (κ1) is 11.7. The minimum Gasteiger partial charge on any atom is -0.381 e. The van der Waals surface area contributed by atoms with Crippen molar-refractivity contribution in [2.45, 2.75) is 25.4 Å². The highest BCUT2D eigenvalue weighted by molar-refractivity contribution is 5.85. The summed E-state index contributed by atoms with van der Waals surface area (Å²) in [6, 6.07) is 6.57. The van der Waals surface area contributed by atoms with Gasteiger partial charge in [-0.2, -0.15) is 0 Å². The fourth-order valence-electron chi connectivity index (χ4n) is 2.95. The summed E-state index contributed by atoms with van der Waals surface area (Å²) < 4.78 is 5.44. The maximum atomic E-state index is 5.44. The summed E-state index contributed by atoms with van der Waals surface area (Å²) in [7, 11) is 1.82. The number of nitrogens with zero attached hydrogens (tertiary/aromatic N) is 2. The molecule has 1 fully saturated rings. The van der Waals surface area contributed by atoms with E-state index in [1.54, 1.807) is 0 Å². The Kier molecular flexibility index (Phi) is 3.33. The summed E-state index contributed by atoms with van der Waals surface area (Å²) in [4.78, 5) is 6.87. The molecular formula is C15H20N2O. The van der Waals surface area contributed by atoms with Crippen LogP contribution in [0, 0.1) is 0 Å². The van der Waals surface area contributed by atoms with Crippen LogP contribution in [0.1, 0.15) is 24.0 Å². The molecule has 3 nitrogen and oxygen atoms in total. The van der Waals surface area contributed by atoms with E-state index in [0.717, 1.165) is 38.9 Å². The van der Waals surface area contributed by atoms with Gasteiger partial charge in [0.25, 0.3) is 0 Å². The van der Waals surface area contributed by atoms with Crippen LogP contribution >= 0.6 is 0 Å². The molecule has 0 saturated carbocycles. The number of methoxy groups -OCH3 is 1. The Labute approximate surface area is 108 Å². The van der Waals surface area contributed by atoms with Crippen LogP contribution in [-0.4, -0.2) is 39.1 Å². The van der Waals surface area contributed by atoms with Crippen LogP contribution in [0.4, 0.5) is 5.69 Å². The lowest BCUT2D eigenvalue weighted by atomic mass is 9.98. The maximum Gasteiger partial charge on any atom is 0.0605 e. The van der Waals surface area contributed by atoms with Crippen LogP contribution in [0.25, 0.3) is 0 Å². The smallest absolute Gasteiger partial charge is 0.0605 e. The topological polar surface area (TPSA) is 24.8 Å². The van der Waals surface area contributed by atoms with E-state index in [-0.39, 0.29) is 0 Å².